The lowest BCUT2D eigenvalue weighted by atomic mass is 10.1. The normalized spacial score (nSPS) is 11.7. The fourth-order valence-electron chi connectivity index (χ4n) is 3.14. The second-order valence-electron chi connectivity index (χ2n) is 6.79. The van der Waals surface area contributed by atoms with E-state index in [1.54, 1.807) is 13.3 Å². The van der Waals surface area contributed by atoms with Crippen molar-refractivity contribution in [2.75, 3.05) is 7.11 Å². The Bertz CT molecular complexity index is 947. The molecule has 2 amide bonds. The Hall–Kier alpha value is -3.28. The third kappa shape index (κ3) is 4.34. The number of carbonyl (C=O) groups excluding carboxylic acids is 1. The van der Waals surface area contributed by atoms with Gasteiger partial charge in [0.15, 0.2) is 0 Å². The van der Waals surface area contributed by atoms with E-state index < -0.39 is 0 Å². The lowest BCUT2D eigenvalue weighted by molar-refractivity contribution is 0.237. The number of ether oxygens (including phenoxy) is 1. The number of hydrogen-bond donors (Lipinski definition) is 2. The Morgan fingerprint density at radius 2 is 1.86 bits per heavy atom. The van der Waals surface area contributed by atoms with E-state index in [2.05, 4.69) is 34.8 Å². The van der Waals surface area contributed by atoms with Crippen LogP contribution in [0.15, 0.2) is 54.7 Å². The number of hydrogen-bond acceptors (Lipinski definition) is 3. The fraction of sp³-hybridized carbons (Fsp3) is 0.273. The first-order valence-electron chi connectivity index (χ1n) is 9.27. The number of para-hydroxylation sites is 1. The zero-order valence-electron chi connectivity index (χ0n) is 16.7. The molecule has 146 valence electrons. The van der Waals surface area contributed by atoms with Gasteiger partial charge in [0.1, 0.15) is 5.75 Å². The Morgan fingerprint density at radius 1 is 1.14 bits per heavy atom. The lowest BCUT2D eigenvalue weighted by Gasteiger charge is -2.16. The molecule has 6 heteroatoms. The number of nitrogens with one attached hydrogen (secondary N) is 2. The molecule has 0 saturated heterocycles. The molecule has 2 aromatic carbocycles. The number of benzene rings is 2. The number of carbonyl (C=O) groups is 1. The van der Waals surface area contributed by atoms with E-state index in [0.29, 0.717) is 6.54 Å². The van der Waals surface area contributed by atoms with Gasteiger partial charge in [-0.05, 0) is 39.0 Å². The van der Waals surface area contributed by atoms with E-state index in [9.17, 15) is 4.79 Å². The third-order valence-electron chi connectivity index (χ3n) is 4.77. The molecule has 2 N–H and O–H groups in total. The summed E-state index contributed by atoms with van der Waals surface area (Å²) in [7, 11) is 1.62. The predicted molar refractivity (Wildman–Crippen MR) is 110 cm³/mol. The largest absolute Gasteiger partial charge is 0.496 e. The molecule has 0 fully saturated rings. The molecule has 0 aliphatic carbocycles. The molecule has 6 nitrogen and oxygen atoms in total. The highest BCUT2D eigenvalue weighted by Gasteiger charge is 2.16. The molecule has 3 aromatic rings. The van der Waals surface area contributed by atoms with Gasteiger partial charge in [0.05, 0.1) is 25.0 Å². The monoisotopic (exact) mass is 378 g/mol. The second-order valence-corrected chi connectivity index (χ2v) is 6.79. The number of aromatic nitrogens is 2. The van der Waals surface area contributed by atoms with Crippen molar-refractivity contribution in [2.24, 2.45) is 0 Å². The van der Waals surface area contributed by atoms with Gasteiger partial charge in [-0.15, -0.1) is 0 Å². The second kappa shape index (κ2) is 8.61. The van der Waals surface area contributed by atoms with Crippen LogP contribution in [0.3, 0.4) is 0 Å². The maximum absolute atomic E-state index is 12.3. The van der Waals surface area contributed by atoms with E-state index in [4.69, 9.17) is 4.74 Å². The molecule has 3 rings (SSSR count). The maximum Gasteiger partial charge on any atom is 0.315 e. The van der Waals surface area contributed by atoms with E-state index in [-0.39, 0.29) is 12.1 Å². The maximum atomic E-state index is 12.3. The minimum atomic E-state index is -0.235. The highest BCUT2D eigenvalue weighted by Crippen LogP contribution is 2.21. The summed E-state index contributed by atoms with van der Waals surface area (Å²) in [5.74, 6) is 0.756. The van der Waals surface area contributed by atoms with Crippen LogP contribution in [0.1, 0.15) is 35.3 Å². The first kappa shape index (κ1) is 19.5. The highest BCUT2D eigenvalue weighted by atomic mass is 16.5. The van der Waals surface area contributed by atoms with Crippen LogP contribution in [-0.4, -0.2) is 22.9 Å². The topological polar surface area (TPSA) is 68.2 Å². The summed E-state index contributed by atoms with van der Waals surface area (Å²) in [5, 5.41) is 10.3. The summed E-state index contributed by atoms with van der Waals surface area (Å²) in [6.45, 7) is 6.41. The minimum absolute atomic E-state index is 0.170. The van der Waals surface area contributed by atoms with Crippen LogP contribution in [0.2, 0.25) is 0 Å². The van der Waals surface area contributed by atoms with E-state index in [1.807, 2.05) is 54.9 Å². The van der Waals surface area contributed by atoms with Crippen molar-refractivity contribution in [3.8, 4) is 11.4 Å². The number of rotatable bonds is 6. The van der Waals surface area contributed by atoms with E-state index >= 15 is 0 Å². The van der Waals surface area contributed by atoms with E-state index in [1.165, 1.54) is 5.56 Å². The molecule has 0 saturated carbocycles. The quantitative estimate of drug-likeness (QED) is 0.680. The average molecular weight is 378 g/mol. The van der Waals surface area contributed by atoms with Gasteiger partial charge < -0.3 is 15.4 Å². The number of urea groups is 1. The van der Waals surface area contributed by atoms with Crippen LogP contribution < -0.4 is 15.4 Å². The van der Waals surface area contributed by atoms with Crippen molar-refractivity contribution < 1.29 is 9.53 Å². The van der Waals surface area contributed by atoms with Crippen LogP contribution in [0, 0.1) is 13.8 Å². The molecule has 1 atom stereocenters. The van der Waals surface area contributed by atoms with Gasteiger partial charge in [-0.2, -0.15) is 5.10 Å². The third-order valence-corrected chi connectivity index (χ3v) is 4.77. The van der Waals surface area contributed by atoms with Crippen molar-refractivity contribution in [1.82, 2.24) is 20.4 Å². The average Bonchev–Trinajstić information content (AvgIpc) is 3.08. The molecule has 1 heterocycles. The van der Waals surface area contributed by atoms with Gasteiger partial charge in [-0.25, -0.2) is 9.48 Å². The number of methoxy groups -OCH3 is 1. The summed E-state index contributed by atoms with van der Waals surface area (Å²) in [6.07, 6.45) is 1.81. The predicted octanol–water partition coefficient (Wildman–Crippen LogP) is 4.06. The first-order chi connectivity index (χ1) is 13.5. The van der Waals surface area contributed by atoms with Crippen LogP contribution in [-0.2, 0) is 6.54 Å². The first-order valence-corrected chi connectivity index (χ1v) is 9.27. The number of aryl methyl sites for hydroxylation is 1. The molecule has 0 aliphatic rings. The van der Waals surface area contributed by atoms with Crippen LogP contribution in [0.25, 0.3) is 5.69 Å². The minimum Gasteiger partial charge on any atom is -0.496 e. The van der Waals surface area contributed by atoms with E-state index in [0.717, 1.165) is 28.3 Å². The Kier molecular flexibility index (Phi) is 5.99. The Morgan fingerprint density at radius 3 is 2.57 bits per heavy atom. The lowest BCUT2D eigenvalue weighted by Crippen LogP contribution is -2.36. The van der Waals surface area contributed by atoms with Crippen molar-refractivity contribution in [3.63, 3.8) is 0 Å². The number of amides is 2. The Balaban J connectivity index is 1.63. The van der Waals surface area contributed by atoms with Crippen molar-refractivity contribution >= 4 is 6.03 Å². The molecular formula is C22H26N4O2. The zero-order chi connectivity index (χ0) is 20.1. The highest BCUT2D eigenvalue weighted by molar-refractivity contribution is 5.74. The molecule has 0 spiro atoms. The summed E-state index contributed by atoms with van der Waals surface area (Å²) < 4.78 is 7.20. The molecule has 0 unspecified atom stereocenters. The van der Waals surface area contributed by atoms with Crippen molar-refractivity contribution in [1.29, 1.82) is 0 Å². The molecule has 0 aliphatic heterocycles. The van der Waals surface area contributed by atoms with Crippen LogP contribution >= 0.6 is 0 Å². The van der Waals surface area contributed by atoms with Crippen molar-refractivity contribution in [2.45, 2.75) is 33.4 Å². The van der Waals surface area contributed by atoms with Gasteiger partial charge in [-0.3, -0.25) is 0 Å². The van der Waals surface area contributed by atoms with Crippen LogP contribution in [0.5, 0.6) is 5.75 Å². The smallest absolute Gasteiger partial charge is 0.315 e. The van der Waals surface area contributed by atoms with Gasteiger partial charge >= 0.3 is 6.03 Å². The molecule has 0 bridgehead atoms. The fourth-order valence-corrected chi connectivity index (χ4v) is 3.14. The van der Waals surface area contributed by atoms with Gasteiger partial charge in [0.2, 0.25) is 0 Å². The molecule has 1 aromatic heterocycles. The Labute approximate surface area is 165 Å². The summed E-state index contributed by atoms with van der Waals surface area (Å²) in [5.41, 5.74) is 5.11. The standard InChI is InChI=1S/C22H26N4O2/c1-15-9-11-19(12-10-15)26-17(3)20(14-24-26)16(2)25-22(27)23-13-18-7-5-6-8-21(18)28-4/h5-12,14,16H,13H2,1-4H3,(H2,23,25,27)/t16-/m1/s1. The summed E-state index contributed by atoms with van der Waals surface area (Å²) >= 11 is 0. The molecular weight excluding hydrogens is 352 g/mol. The number of nitrogens with zero attached hydrogens (tertiary/aromatic N) is 2. The summed E-state index contributed by atoms with van der Waals surface area (Å²) in [4.78, 5) is 12.3. The van der Waals surface area contributed by atoms with Gasteiger partial charge in [-0.1, -0.05) is 35.9 Å². The zero-order valence-corrected chi connectivity index (χ0v) is 16.7. The van der Waals surface area contributed by atoms with Crippen molar-refractivity contribution in [3.05, 3.63) is 77.1 Å². The van der Waals surface area contributed by atoms with Gasteiger partial charge in [0, 0.05) is 23.4 Å². The SMILES string of the molecule is COc1ccccc1CNC(=O)N[C@H](C)c1cnn(-c2ccc(C)cc2)c1C. The van der Waals surface area contributed by atoms with Gasteiger partial charge in [0.25, 0.3) is 0 Å². The molecule has 0 radical (unpaired) electrons. The summed E-state index contributed by atoms with van der Waals surface area (Å²) in [6, 6.07) is 15.4. The van der Waals surface area contributed by atoms with Crippen LogP contribution in [0.4, 0.5) is 4.79 Å². The molecule has 28 heavy (non-hydrogen) atoms.